The highest BCUT2D eigenvalue weighted by atomic mass is 16.3. The molecule has 0 aliphatic heterocycles. The van der Waals surface area contributed by atoms with Gasteiger partial charge in [-0.1, -0.05) is 0 Å². The van der Waals surface area contributed by atoms with E-state index in [0.29, 0.717) is 13.1 Å². The van der Waals surface area contributed by atoms with Crippen LogP contribution in [0.3, 0.4) is 0 Å². The zero-order valence-corrected chi connectivity index (χ0v) is 6.07. The van der Waals surface area contributed by atoms with Crippen molar-refractivity contribution in [2.75, 3.05) is 6.54 Å². The molecule has 1 rings (SSSR count). The van der Waals surface area contributed by atoms with E-state index in [2.05, 4.69) is 0 Å². The second-order valence-corrected chi connectivity index (χ2v) is 2.24. The lowest BCUT2D eigenvalue weighted by molar-refractivity contribution is -0.694. The summed E-state index contributed by atoms with van der Waals surface area (Å²) in [4.78, 5) is 0. The summed E-state index contributed by atoms with van der Waals surface area (Å²) < 4.78 is 1.70. The first-order valence-electron chi connectivity index (χ1n) is 3.35. The van der Waals surface area contributed by atoms with Crippen LogP contribution in [0.1, 0.15) is 0 Å². The Morgan fingerprint density at radius 3 is 2.64 bits per heavy atom. The number of hydrogen-bond acceptors (Lipinski definition) is 3. The Balaban J connectivity index is 2.86. The fourth-order valence-electron chi connectivity index (χ4n) is 0.806. The van der Waals surface area contributed by atoms with Gasteiger partial charge in [-0.05, 0) is 0 Å². The molecule has 0 aromatic carbocycles. The molecular formula is C7H11N2O2+. The highest BCUT2D eigenvalue weighted by Gasteiger charge is 2.04. The van der Waals surface area contributed by atoms with E-state index in [1.165, 1.54) is 12.3 Å². The molecule has 0 bridgehead atoms. The summed E-state index contributed by atoms with van der Waals surface area (Å²) in [6.07, 6.45) is 3.09. The largest absolute Gasteiger partial charge is 0.504 e. The third-order valence-electron chi connectivity index (χ3n) is 1.36. The molecule has 1 aromatic heterocycles. The average Bonchev–Trinajstić information content (AvgIpc) is 1.98. The summed E-state index contributed by atoms with van der Waals surface area (Å²) in [5, 5.41) is 17.9. The van der Waals surface area contributed by atoms with E-state index in [0.717, 1.165) is 0 Å². The average molecular weight is 155 g/mol. The van der Waals surface area contributed by atoms with Gasteiger partial charge < -0.3 is 15.9 Å². The lowest BCUT2D eigenvalue weighted by Crippen LogP contribution is -2.36. The zero-order valence-electron chi connectivity index (χ0n) is 6.07. The van der Waals surface area contributed by atoms with E-state index in [9.17, 15) is 0 Å². The molecule has 0 spiro atoms. The minimum absolute atomic E-state index is 0.113. The Labute approximate surface area is 64.5 Å². The van der Waals surface area contributed by atoms with Crippen LogP contribution in [0.5, 0.6) is 11.5 Å². The molecule has 1 aromatic rings. The third-order valence-corrected chi connectivity index (χ3v) is 1.36. The minimum Gasteiger partial charge on any atom is -0.504 e. The van der Waals surface area contributed by atoms with Gasteiger partial charge in [-0.2, -0.15) is 0 Å². The topological polar surface area (TPSA) is 70.4 Å². The standard InChI is InChI=1S/C7H10N2O2/c8-2-4-9-3-1-6(10)7(11)5-9/h1,3,5,11H,2,4,8H2/p+1. The highest BCUT2D eigenvalue weighted by Crippen LogP contribution is 2.19. The first-order valence-corrected chi connectivity index (χ1v) is 3.35. The molecule has 0 radical (unpaired) electrons. The monoisotopic (exact) mass is 155 g/mol. The molecule has 0 amide bonds. The lowest BCUT2D eigenvalue weighted by Gasteiger charge is -1.95. The van der Waals surface area contributed by atoms with Crippen LogP contribution in [-0.2, 0) is 6.54 Å². The van der Waals surface area contributed by atoms with Gasteiger partial charge in [-0.25, -0.2) is 4.57 Å². The normalized spacial score (nSPS) is 9.91. The Hall–Kier alpha value is -1.29. The minimum atomic E-state index is -0.124. The zero-order chi connectivity index (χ0) is 8.27. The van der Waals surface area contributed by atoms with Crippen molar-refractivity contribution in [1.82, 2.24) is 0 Å². The second kappa shape index (κ2) is 3.21. The number of rotatable bonds is 2. The predicted octanol–water partition coefficient (Wildman–Crippen LogP) is -0.656. The van der Waals surface area contributed by atoms with Crippen LogP contribution in [0.25, 0.3) is 0 Å². The van der Waals surface area contributed by atoms with Gasteiger partial charge in [0.2, 0.25) is 11.9 Å². The van der Waals surface area contributed by atoms with Crippen molar-refractivity contribution < 1.29 is 14.8 Å². The van der Waals surface area contributed by atoms with Crippen molar-refractivity contribution >= 4 is 0 Å². The van der Waals surface area contributed by atoms with Crippen LogP contribution in [0, 0.1) is 0 Å². The first kappa shape index (κ1) is 7.81. The number of pyridine rings is 1. The van der Waals surface area contributed by atoms with Crippen molar-refractivity contribution in [2.45, 2.75) is 6.54 Å². The number of nitrogens with zero attached hydrogens (tertiary/aromatic N) is 1. The van der Waals surface area contributed by atoms with E-state index in [1.807, 2.05) is 0 Å². The molecule has 60 valence electrons. The maximum atomic E-state index is 9.02. The van der Waals surface area contributed by atoms with E-state index in [4.69, 9.17) is 15.9 Å². The molecule has 0 unspecified atom stereocenters. The van der Waals surface area contributed by atoms with Gasteiger partial charge in [0.1, 0.15) is 0 Å². The number of aromatic nitrogens is 1. The molecule has 11 heavy (non-hydrogen) atoms. The molecule has 4 heteroatoms. The van der Waals surface area contributed by atoms with Crippen LogP contribution < -0.4 is 10.3 Å². The van der Waals surface area contributed by atoms with Gasteiger partial charge >= 0.3 is 0 Å². The van der Waals surface area contributed by atoms with Crippen LogP contribution in [0.2, 0.25) is 0 Å². The van der Waals surface area contributed by atoms with Crippen molar-refractivity contribution in [2.24, 2.45) is 5.73 Å². The fourth-order valence-corrected chi connectivity index (χ4v) is 0.806. The Morgan fingerprint density at radius 1 is 1.36 bits per heavy atom. The summed E-state index contributed by atoms with van der Waals surface area (Å²) in [5.74, 6) is -0.237. The van der Waals surface area contributed by atoms with E-state index >= 15 is 0 Å². The Bertz CT molecular complexity index is 250. The SMILES string of the molecule is NCC[n+]1ccc(O)c(O)c1. The van der Waals surface area contributed by atoms with Gasteiger partial charge in [-0.15, -0.1) is 0 Å². The molecule has 0 atom stereocenters. The smallest absolute Gasteiger partial charge is 0.223 e. The van der Waals surface area contributed by atoms with Crippen molar-refractivity contribution in [3.63, 3.8) is 0 Å². The van der Waals surface area contributed by atoms with Gasteiger partial charge in [0.15, 0.2) is 18.5 Å². The number of hydrogen-bond donors (Lipinski definition) is 3. The van der Waals surface area contributed by atoms with Gasteiger partial charge in [0, 0.05) is 6.07 Å². The van der Waals surface area contributed by atoms with Gasteiger partial charge in [-0.3, -0.25) is 0 Å². The van der Waals surface area contributed by atoms with Crippen molar-refractivity contribution in [3.8, 4) is 11.5 Å². The van der Waals surface area contributed by atoms with Gasteiger partial charge in [0.05, 0.1) is 6.54 Å². The molecule has 4 nitrogen and oxygen atoms in total. The maximum absolute atomic E-state index is 9.02. The van der Waals surface area contributed by atoms with Crippen molar-refractivity contribution in [3.05, 3.63) is 18.5 Å². The lowest BCUT2D eigenvalue weighted by atomic mass is 10.4. The maximum Gasteiger partial charge on any atom is 0.223 e. The molecule has 0 saturated carbocycles. The molecule has 0 fully saturated rings. The van der Waals surface area contributed by atoms with Crippen LogP contribution in [0.4, 0.5) is 0 Å². The molecule has 0 saturated heterocycles. The van der Waals surface area contributed by atoms with E-state index in [-0.39, 0.29) is 11.5 Å². The van der Waals surface area contributed by atoms with Crippen LogP contribution in [-0.4, -0.2) is 16.8 Å². The summed E-state index contributed by atoms with van der Waals surface area (Å²) >= 11 is 0. The fraction of sp³-hybridized carbons (Fsp3) is 0.286. The number of aromatic hydroxyl groups is 2. The molecular weight excluding hydrogens is 144 g/mol. The summed E-state index contributed by atoms with van der Waals surface area (Å²) in [5.41, 5.74) is 5.28. The first-order chi connectivity index (χ1) is 5.24. The third kappa shape index (κ3) is 1.81. The summed E-state index contributed by atoms with van der Waals surface area (Å²) in [7, 11) is 0. The van der Waals surface area contributed by atoms with E-state index in [1.54, 1.807) is 10.8 Å². The summed E-state index contributed by atoms with van der Waals surface area (Å²) in [6.45, 7) is 1.14. The molecule has 4 N–H and O–H groups in total. The quantitative estimate of drug-likeness (QED) is 0.497. The highest BCUT2D eigenvalue weighted by molar-refractivity contribution is 5.31. The molecule has 1 heterocycles. The Morgan fingerprint density at radius 2 is 2.09 bits per heavy atom. The molecule has 0 aliphatic rings. The van der Waals surface area contributed by atoms with Crippen LogP contribution >= 0.6 is 0 Å². The Kier molecular flexibility index (Phi) is 2.28. The molecule has 0 aliphatic carbocycles. The second-order valence-electron chi connectivity index (χ2n) is 2.24. The van der Waals surface area contributed by atoms with Gasteiger partial charge in [0.25, 0.3) is 0 Å². The summed E-state index contributed by atoms with van der Waals surface area (Å²) in [6, 6.07) is 1.42. The number of nitrogens with two attached hydrogens (primary N) is 1. The van der Waals surface area contributed by atoms with Crippen molar-refractivity contribution in [1.29, 1.82) is 0 Å². The van der Waals surface area contributed by atoms with E-state index < -0.39 is 0 Å². The van der Waals surface area contributed by atoms with Crippen LogP contribution in [0.15, 0.2) is 18.5 Å². The predicted molar refractivity (Wildman–Crippen MR) is 39.0 cm³/mol.